The van der Waals surface area contributed by atoms with Crippen molar-refractivity contribution in [3.63, 3.8) is 0 Å². The predicted molar refractivity (Wildman–Crippen MR) is 86.0 cm³/mol. The average Bonchev–Trinajstić information content (AvgIpc) is 2.43. The minimum Gasteiger partial charge on any atom is -0.399 e. The summed E-state index contributed by atoms with van der Waals surface area (Å²) < 4.78 is 5.42. The minimum absolute atomic E-state index is 0.149. The van der Waals surface area contributed by atoms with Crippen molar-refractivity contribution in [3.8, 4) is 0 Å². The molecule has 0 spiro atoms. The Bertz CT molecular complexity index is 502. The molecule has 3 N–H and O–H groups in total. The van der Waals surface area contributed by atoms with E-state index in [4.69, 9.17) is 33.7 Å². The van der Waals surface area contributed by atoms with Gasteiger partial charge in [-0.05, 0) is 18.6 Å². The molecule has 116 valence electrons. The number of benzene rings is 1. The van der Waals surface area contributed by atoms with E-state index in [0.717, 1.165) is 13.0 Å². The molecule has 21 heavy (non-hydrogen) atoms. The van der Waals surface area contributed by atoms with E-state index in [1.54, 1.807) is 12.1 Å². The van der Waals surface area contributed by atoms with Gasteiger partial charge in [0.05, 0.1) is 35.5 Å². The highest BCUT2D eigenvalue weighted by atomic mass is 35.5. The summed E-state index contributed by atoms with van der Waals surface area (Å²) in [6.07, 6.45) is 0.941. The maximum atomic E-state index is 12.2. The normalized spacial score (nSPS) is 19.5. The summed E-state index contributed by atoms with van der Waals surface area (Å²) >= 11 is 12.1. The summed E-state index contributed by atoms with van der Waals surface area (Å²) in [5.74, 6) is -0.149. The molecule has 0 saturated carbocycles. The Balaban J connectivity index is 2.01. The van der Waals surface area contributed by atoms with Gasteiger partial charge < -0.3 is 15.8 Å². The number of carbonyl (C=O) groups is 1. The summed E-state index contributed by atoms with van der Waals surface area (Å²) in [6, 6.07) is 3.39. The molecule has 0 aliphatic carbocycles. The number of hydrogen-bond acceptors (Lipinski definition) is 4. The van der Waals surface area contributed by atoms with Gasteiger partial charge in [-0.1, -0.05) is 30.1 Å². The Hall–Kier alpha value is -1.01. The van der Waals surface area contributed by atoms with Crippen molar-refractivity contribution < 1.29 is 9.53 Å². The Morgan fingerprint density at radius 3 is 2.76 bits per heavy atom. The number of nitrogens with zero attached hydrogens (tertiary/aromatic N) is 1. The van der Waals surface area contributed by atoms with Crippen LogP contribution in [0.4, 0.5) is 11.4 Å². The number of rotatable bonds is 4. The summed E-state index contributed by atoms with van der Waals surface area (Å²) in [5.41, 5.74) is 6.50. The molecule has 1 heterocycles. The number of halogens is 2. The highest BCUT2D eigenvalue weighted by molar-refractivity contribution is 6.40. The molecular formula is C14H19Cl2N3O2. The van der Waals surface area contributed by atoms with Crippen molar-refractivity contribution in [1.29, 1.82) is 0 Å². The molecule has 1 aliphatic rings. The fourth-order valence-corrected chi connectivity index (χ4v) is 2.95. The van der Waals surface area contributed by atoms with Crippen LogP contribution in [-0.2, 0) is 9.53 Å². The van der Waals surface area contributed by atoms with Crippen LogP contribution >= 0.6 is 23.2 Å². The third-order valence-corrected chi connectivity index (χ3v) is 4.09. The highest BCUT2D eigenvalue weighted by Crippen LogP contribution is 2.32. The molecule has 0 radical (unpaired) electrons. The monoisotopic (exact) mass is 331 g/mol. The molecule has 1 unspecified atom stereocenters. The maximum absolute atomic E-state index is 12.2. The maximum Gasteiger partial charge on any atom is 0.238 e. The molecule has 7 heteroatoms. The van der Waals surface area contributed by atoms with Crippen molar-refractivity contribution in [2.75, 3.05) is 37.4 Å². The number of nitrogen functional groups attached to an aromatic ring is 1. The van der Waals surface area contributed by atoms with Crippen molar-refractivity contribution in [3.05, 3.63) is 22.2 Å². The van der Waals surface area contributed by atoms with Crippen LogP contribution in [-0.4, -0.2) is 43.2 Å². The lowest BCUT2D eigenvalue weighted by atomic mass is 10.2. The van der Waals surface area contributed by atoms with E-state index in [0.29, 0.717) is 41.2 Å². The van der Waals surface area contributed by atoms with Crippen LogP contribution in [0.15, 0.2) is 12.1 Å². The molecule has 0 bridgehead atoms. The predicted octanol–water partition coefficient (Wildman–Crippen LogP) is 2.62. The second-order valence-electron chi connectivity index (χ2n) is 5.02. The van der Waals surface area contributed by atoms with Crippen LogP contribution in [0.1, 0.15) is 13.3 Å². The first-order valence-corrected chi connectivity index (χ1v) is 7.63. The molecule has 1 aliphatic heterocycles. The van der Waals surface area contributed by atoms with Crippen molar-refractivity contribution in [2.45, 2.75) is 19.4 Å². The smallest absolute Gasteiger partial charge is 0.238 e. The number of anilines is 2. The Morgan fingerprint density at radius 1 is 1.48 bits per heavy atom. The number of nitrogens with two attached hydrogens (primary N) is 1. The summed E-state index contributed by atoms with van der Waals surface area (Å²) in [4.78, 5) is 14.3. The van der Waals surface area contributed by atoms with E-state index in [2.05, 4.69) is 17.1 Å². The molecule has 1 fully saturated rings. The van der Waals surface area contributed by atoms with Crippen LogP contribution < -0.4 is 11.1 Å². The largest absolute Gasteiger partial charge is 0.399 e. The molecule has 0 aromatic heterocycles. The highest BCUT2D eigenvalue weighted by Gasteiger charge is 2.23. The van der Waals surface area contributed by atoms with E-state index in [9.17, 15) is 4.79 Å². The topological polar surface area (TPSA) is 67.6 Å². The zero-order chi connectivity index (χ0) is 15.4. The van der Waals surface area contributed by atoms with Gasteiger partial charge in [-0.15, -0.1) is 0 Å². The number of morpholine rings is 1. The second kappa shape index (κ2) is 7.31. The molecule has 1 saturated heterocycles. The van der Waals surface area contributed by atoms with Crippen molar-refractivity contribution in [1.82, 2.24) is 4.90 Å². The van der Waals surface area contributed by atoms with Gasteiger partial charge in [0, 0.05) is 18.3 Å². The third-order valence-electron chi connectivity index (χ3n) is 3.50. The van der Waals surface area contributed by atoms with Gasteiger partial charge in [0.1, 0.15) is 0 Å². The first kappa shape index (κ1) is 16.4. The molecule has 2 rings (SSSR count). The van der Waals surface area contributed by atoms with Gasteiger partial charge in [-0.25, -0.2) is 0 Å². The number of amides is 1. The van der Waals surface area contributed by atoms with Crippen molar-refractivity contribution >= 4 is 40.5 Å². The minimum atomic E-state index is -0.149. The van der Waals surface area contributed by atoms with E-state index >= 15 is 0 Å². The van der Waals surface area contributed by atoms with E-state index in [-0.39, 0.29) is 11.9 Å². The van der Waals surface area contributed by atoms with Crippen molar-refractivity contribution in [2.24, 2.45) is 0 Å². The van der Waals surface area contributed by atoms with E-state index < -0.39 is 0 Å². The molecule has 1 aromatic rings. The van der Waals surface area contributed by atoms with Gasteiger partial charge in [-0.3, -0.25) is 9.69 Å². The van der Waals surface area contributed by atoms with Crippen LogP contribution in [0.25, 0.3) is 0 Å². The zero-order valence-electron chi connectivity index (χ0n) is 11.9. The van der Waals surface area contributed by atoms with Crippen LogP contribution in [0.2, 0.25) is 10.0 Å². The Labute approximate surface area is 134 Å². The lowest BCUT2D eigenvalue weighted by Gasteiger charge is -2.34. The lowest BCUT2D eigenvalue weighted by Crippen LogP contribution is -2.48. The first-order chi connectivity index (χ1) is 10.0. The zero-order valence-corrected chi connectivity index (χ0v) is 13.4. The number of carbonyl (C=O) groups excluding carboxylic acids is 1. The van der Waals surface area contributed by atoms with Gasteiger partial charge >= 0.3 is 0 Å². The molecule has 1 atom stereocenters. The Morgan fingerprint density at radius 2 is 2.14 bits per heavy atom. The lowest BCUT2D eigenvalue weighted by molar-refractivity contribution is -0.119. The summed E-state index contributed by atoms with van der Waals surface area (Å²) in [7, 11) is 0. The fraction of sp³-hybridized carbons (Fsp3) is 0.500. The summed E-state index contributed by atoms with van der Waals surface area (Å²) in [6.45, 7) is 4.42. The average molecular weight is 332 g/mol. The molecule has 5 nitrogen and oxygen atoms in total. The number of hydrogen-bond donors (Lipinski definition) is 2. The van der Waals surface area contributed by atoms with Crippen LogP contribution in [0.5, 0.6) is 0 Å². The van der Waals surface area contributed by atoms with Gasteiger partial charge in [0.15, 0.2) is 0 Å². The fourth-order valence-electron chi connectivity index (χ4n) is 2.35. The van der Waals surface area contributed by atoms with Gasteiger partial charge in [0.2, 0.25) is 5.91 Å². The first-order valence-electron chi connectivity index (χ1n) is 6.87. The quantitative estimate of drug-likeness (QED) is 0.832. The molecular weight excluding hydrogens is 313 g/mol. The molecule has 1 aromatic carbocycles. The number of ether oxygens (including phenoxy) is 1. The standard InChI is InChI=1S/C14H19Cl2N3O2/c1-2-10-8-21-4-3-19(10)7-13(20)18-14-11(15)5-9(17)6-12(14)16/h5-6,10H,2-4,7-8,17H2,1H3,(H,18,20). The van der Waals surface area contributed by atoms with E-state index in [1.807, 2.05) is 0 Å². The van der Waals surface area contributed by atoms with E-state index in [1.165, 1.54) is 0 Å². The van der Waals surface area contributed by atoms with Crippen LogP contribution in [0.3, 0.4) is 0 Å². The van der Waals surface area contributed by atoms with Gasteiger partial charge in [-0.2, -0.15) is 0 Å². The Kier molecular flexibility index (Phi) is 5.70. The van der Waals surface area contributed by atoms with Crippen LogP contribution in [0, 0.1) is 0 Å². The molecule has 1 amide bonds. The second-order valence-corrected chi connectivity index (χ2v) is 5.83. The number of nitrogens with one attached hydrogen (secondary N) is 1. The third kappa shape index (κ3) is 4.23. The van der Waals surface area contributed by atoms with Gasteiger partial charge in [0.25, 0.3) is 0 Å². The SMILES string of the molecule is CCC1COCCN1CC(=O)Nc1c(Cl)cc(N)cc1Cl. The summed E-state index contributed by atoms with van der Waals surface area (Å²) in [5, 5.41) is 3.43.